The smallest absolute Gasteiger partial charge is 0.404 e. The molecule has 0 aromatic carbocycles. The molecule has 6 nitrogen and oxygen atoms in total. The summed E-state index contributed by atoms with van der Waals surface area (Å²) < 4.78 is 4.46. The van der Waals surface area contributed by atoms with Gasteiger partial charge in [0.05, 0.1) is 6.54 Å². The molecular formula is C8H15N3O3. The van der Waals surface area contributed by atoms with Gasteiger partial charge in [0.15, 0.2) is 0 Å². The minimum absolute atomic E-state index is 0.0217. The van der Waals surface area contributed by atoms with Gasteiger partial charge in [-0.15, -0.1) is 0 Å². The van der Waals surface area contributed by atoms with Crippen molar-refractivity contribution in [1.82, 2.24) is 10.6 Å². The Kier molecular flexibility index (Phi) is 4.18. The highest BCUT2D eigenvalue weighted by Crippen LogP contribution is 2.17. The van der Waals surface area contributed by atoms with Gasteiger partial charge in [-0.2, -0.15) is 0 Å². The van der Waals surface area contributed by atoms with Crippen LogP contribution in [0.25, 0.3) is 0 Å². The summed E-state index contributed by atoms with van der Waals surface area (Å²) in [6.07, 6.45) is 1.36. The summed E-state index contributed by atoms with van der Waals surface area (Å²) in [6.45, 7) is 0.867. The molecule has 1 aliphatic rings. The lowest BCUT2D eigenvalue weighted by Crippen LogP contribution is -2.36. The van der Waals surface area contributed by atoms with Crippen molar-refractivity contribution in [3.05, 3.63) is 0 Å². The van der Waals surface area contributed by atoms with Crippen LogP contribution < -0.4 is 16.4 Å². The largest absolute Gasteiger partial charge is 0.448 e. The number of ether oxygens (including phenoxy) is 1. The van der Waals surface area contributed by atoms with Crippen LogP contribution in [-0.2, 0) is 9.53 Å². The van der Waals surface area contributed by atoms with E-state index in [4.69, 9.17) is 5.73 Å². The first-order valence-corrected chi connectivity index (χ1v) is 4.61. The molecule has 6 heteroatoms. The second-order valence-electron chi connectivity index (χ2n) is 3.19. The second-order valence-corrected chi connectivity index (χ2v) is 3.19. The third-order valence-electron chi connectivity index (χ3n) is 1.75. The quantitative estimate of drug-likeness (QED) is 0.478. The van der Waals surface area contributed by atoms with Gasteiger partial charge in [-0.05, 0) is 12.8 Å². The first kappa shape index (κ1) is 10.8. The number of nitrogens with two attached hydrogens (primary N) is 1. The molecule has 0 aromatic heterocycles. The zero-order valence-electron chi connectivity index (χ0n) is 7.91. The predicted molar refractivity (Wildman–Crippen MR) is 49.6 cm³/mol. The zero-order valence-corrected chi connectivity index (χ0v) is 7.91. The second kappa shape index (κ2) is 5.43. The van der Waals surface area contributed by atoms with Crippen LogP contribution in [0, 0.1) is 0 Å². The van der Waals surface area contributed by atoms with Crippen molar-refractivity contribution >= 4 is 12.0 Å². The molecule has 0 saturated heterocycles. The highest BCUT2D eigenvalue weighted by atomic mass is 16.5. The fraction of sp³-hybridized carbons (Fsp3) is 0.750. The normalized spacial score (nSPS) is 14.9. The van der Waals surface area contributed by atoms with Gasteiger partial charge in [0.2, 0.25) is 5.91 Å². The lowest BCUT2D eigenvalue weighted by Gasteiger charge is -2.05. The first-order valence-electron chi connectivity index (χ1n) is 4.61. The van der Waals surface area contributed by atoms with Gasteiger partial charge in [-0.3, -0.25) is 4.79 Å². The summed E-state index contributed by atoms with van der Waals surface area (Å²) in [5.74, 6) is -0.0217. The highest BCUT2D eigenvalue weighted by molar-refractivity contribution is 5.78. The number of carbonyl (C=O) groups excluding carboxylic acids is 2. The summed E-state index contributed by atoms with van der Waals surface area (Å²) in [7, 11) is 0. The number of amides is 2. The lowest BCUT2D eigenvalue weighted by atomic mass is 10.5. The molecule has 1 aliphatic carbocycles. The van der Waals surface area contributed by atoms with Crippen LogP contribution in [0.1, 0.15) is 12.8 Å². The molecule has 14 heavy (non-hydrogen) atoms. The average molecular weight is 201 g/mol. The fourth-order valence-corrected chi connectivity index (χ4v) is 0.932. The zero-order chi connectivity index (χ0) is 10.4. The SMILES string of the molecule is NC(=O)OCCNCC(=O)NC1CC1. The minimum atomic E-state index is -0.797. The molecule has 2 amide bonds. The number of hydrogen-bond donors (Lipinski definition) is 3. The minimum Gasteiger partial charge on any atom is -0.448 e. The Morgan fingerprint density at radius 1 is 1.43 bits per heavy atom. The maximum absolute atomic E-state index is 11.1. The molecule has 80 valence electrons. The number of rotatable bonds is 6. The molecular weight excluding hydrogens is 186 g/mol. The van der Waals surface area contributed by atoms with E-state index in [9.17, 15) is 9.59 Å². The monoisotopic (exact) mass is 201 g/mol. The van der Waals surface area contributed by atoms with Crippen LogP contribution in [0.5, 0.6) is 0 Å². The van der Waals surface area contributed by atoms with E-state index in [1.807, 2.05) is 0 Å². The molecule has 0 aliphatic heterocycles. The van der Waals surface area contributed by atoms with Crippen LogP contribution in [0.4, 0.5) is 4.79 Å². The summed E-state index contributed by atoms with van der Waals surface area (Å²) in [6, 6.07) is 0.381. The Morgan fingerprint density at radius 2 is 2.14 bits per heavy atom. The molecule has 1 fully saturated rings. The van der Waals surface area contributed by atoms with E-state index >= 15 is 0 Å². The summed E-state index contributed by atoms with van der Waals surface area (Å²) in [5, 5.41) is 5.65. The van der Waals surface area contributed by atoms with E-state index in [2.05, 4.69) is 15.4 Å². The standard InChI is InChI=1S/C8H15N3O3/c9-8(13)14-4-3-10-5-7(12)11-6-1-2-6/h6,10H,1-5H2,(H2,9,13)(H,11,12). The molecule has 0 aromatic rings. The average Bonchev–Trinajstić information content (AvgIpc) is 2.87. The number of hydrogen-bond acceptors (Lipinski definition) is 4. The molecule has 0 radical (unpaired) electrons. The summed E-state index contributed by atoms with van der Waals surface area (Å²) in [4.78, 5) is 21.2. The van der Waals surface area contributed by atoms with Gasteiger partial charge < -0.3 is 21.1 Å². The molecule has 0 unspecified atom stereocenters. The van der Waals surface area contributed by atoms with Crippen LogP contribution in [-0.4, -0.2) is 37.7 Å². The lowest BCUT2D eigenvalue weighted by molar-refractivity contribution is -0.120. The van der Waals surface area contributed by atoms with Gasteiger partial charge in [0, 0.05) is 12.6 Å². The van der Waals surface area contributed by atoms with Crippen molar-refractivity contribution in [1.29, 1.82) is 0 Å². The molecule has 4 N–H and O–H groups in total. The predicted octanol–water partition coefficient (Wildman–Crippen LogP) is -1.05. The Hall–Kier alpha value is -1.30. The Morgan fingerprint density at radius 3 is 2.71 bits per heavy atom. The maximum Gasteiger partial charge on any atom is 0.404 e. The van der Waals surface area contributed by atoms with Gasteiger partial charge in [0.25, 0.3) is 0 Å². The van der Waals surface area contributed by atoms with E-state index < -0.39 is 6.09 Å². The third-order valence-corrected chi connectivity index (χ3v) is 1.75. The van der Waals surface area contributed by atoms with Crippen molar-refractivity contribution in [2.24, 2.45) is 5.73 Å². The number of primary amides is 1. The number of carbonyl (C=O) groups is 2. The van der Waals surface area contributed by atoms with Crippen LogP contribution in [0.15, 0.2) is 0 Å². The Balaban J connectivity index is 1.87. The molecule has 1 rings (SSSR count). The van der Waals surface area contributed by atoms with E-state index in [-0.39, 0.29) is 19.1 Å². The van der Waals surface area contributed by atoms with Gasteiger partial charge in [0.1, 0.15) is 6.61 Å². The Labute approximate surface area is 82.2 Å². The van der Waals surface area contributed by atoms with Gasteiger partial charge in [-0.1, -0.05) is 0 Å². The molecule has 0 bridgehead atoms. The van der Waals surface area contributed by atoms with Crippen molar-refractivity contribution in [2.75, 3.05) is 19.7 Å². The van der Waals surface area contributed by atoms with E-state index in [0.717, 1.165) is 12.8 Å². The van der Waals surface area contributed by atoms with Crippen LogP contribution >= 0.6 is 0 Å². The fourth-order valence-electron chi connectivity index (χ4n) is 0.932. The number of nitrogens with one attached hydrogen (secondary N) is 2. The Bertz CT molecular complexity index is 216. The molecule has 0 heterocycles. The highest BCUT2D eigenvalue weighted by Gasteiger charge is 2.22. The molecule has 0 atom stereocenters. The van der Waals surface area contributed by atoms with E-state index in [1.165, 1.54) is 0 Å². The van der Waals surface area contributed by atoms with Crippen molar-refractivity contribution in [2.45, 2.75) is 18.9 Å². The summed E-state index contributed by atoms with van der Waals surface area (Å²) >= 11 is 0. The maximum atomic E-state index is 11.1. The topological polar surface area (TPSA) is 93.5 Å². The molecule has 1 saturated carbocycles. The van der Waals surface area contributed by atoms with Gasteiger partial charge in [-0.25, -0.2) is 4.79 Å². The molecule has 0 spiro atoms. The van der Waals surface area contributed by atoms with E-state index in [1.54, 1.807) is 0 Å². The van der Waals surface area contributed by atoms with Crippen molar-refractivity contribution < 1.29 is 14.3 Å². The van der Waals surface area contributed by atoms with Crippen LogP contribution in [0.3, 0.4) is 0 Å². The van der Waals surface area contributed by atoms with Gasteiger partial charge >= 0.3 is 6.09 Å². The van der Waals surface area contributed by atoms with Crippen molar-refractivity contribution in [3.63, 3.8) is 0 Å². The van der Waals surface area contributed by atoms with Crippen molar-refractivity contribution in [3.8, 4) is 0 Å². The first-order chi connectivity index (χ1) is 6.68. The van der Waals surface area contributed by atoms with E-state index in [0.29, 0.717) is 12.6 Å². The summed E-state index contributed by atoms with van der Waals surface area (Å²) in [5.41, 5.74) is 4.74. The van der Waals surface area contributed by atoms with Crippen LogP contribution in [0.2, 0.25) is 0 Å². The third kappa shape index (κ3) is 5.36.